The van der Waals surface area contributed by atoms with Crippen LogP contribution in [-0.2, 0) is 31.9 Å². The Bertz CT molecular complexity index is 2320. The van der Waals surface area contributed by atoms with Crippen molar-refractivity contribution < 1.29 is 28.7 Å². The molecule has 66 heavy (non-hydrogen) atoms. The summed E-state index contributed by atoms with van der Waals surface area (Å²) in [7, 11) is -2.29. The molecule has 2 fully saturated rings. The number of benzene rings is 4. The molecule has 0 aromatic heterocycles. The second-order valence-corrected chi connectivity index (χ2v) is 31.1. The molecule has 5 atom stereocenters. The molecule has 2 heterocycles. The highest BCUT2D eigenvalue weighted by molar-refractivity contribution is 6.77. The zero-order valence-electron chi connectivity index (χ0n) is 40.3. The lowest BCUT2D eigenvalue weighted by atomic mass is 9.70. The van der Waals surface area contributed by atoms with Gasteiger partial charge >= 0.3 is 12.2 Å². The summed E-state index contributed by atoms with van der Waals surface area (Å²) in [5, 5.41) is 0. The van der Waals surface area contributed by atoms with Crippen LogP contribution in [0.4, 0.5) is 9.59 Å². The van der Waals surface area contributed by atoms with Gasteiger partial charge in [-0.05, 0) is 72.5 Å². The highest BCUT2D eigenvalue weighted by Crippen LogP contribution is 2.44. The molecule has 2 aliphatic heterocycles. The van der Waals surface area contributed by atoms with Gasteiger partial charge in [-0.15, -0.1) is 0 Å². The molecular formula is C56H70N2O6Si2. The molecule has 4 amide bonds. The minimum absolute atomic E-state index is 0.0282. The lowest BCUT2D eigenvalue weighted by Gasteiger charge is -2.38. The molecule has 0 radical (unpaired) electrons. The van der Waals surface area contributed by atoms with Crippen molar-refractivity contribution >= 4 is 46.2 Å². The van der Waals surface area contributed by atoms with Crippen LogP contribution in [-0.4, -0.2) is 75.2 Å². The van der Waals surface area contributed by atoms with Crippen LogP contribution in [0.1, 0.15) is 48.4 Å². The molecule has 10 heteroatoms. The van der Waals surface area contributed by atoms with Gasteiger partial charge in [-0.1, -0.05) is 210 Å². The Morgan fingerprint density at radius 1 is 0.682 bits per heavy atom. The summed E-state index contributed by atoms with van der Waals surface area (Å²) in [6.45, 7) is 22.8. The molecule has 0 saturated carbocycles. The van der Waals surface area contributed by atoms with Crippen LogP contribution in [0.3, 0.4) is 0 Å². The first-order chi connectivity index (χ1) is 31.4. The highest BCUT2D eigenvalue weighted by Gasteiger charge is 2.46. The van der Waals surface area contributed by atoms with E-state index in [0.29, 0.717) is 12.8 Å². The number of carbonyl (C=O) groups excluding carboxylic acids is 4. The fraction of sp³-hybridized carbons (Fsp3) is 0.357. The van der Waals surface area contributed by atoms with Crippen molar-refractivity contribution in [1.29, 1.82) is 0 Å². The van der Waals surface area contributed by atoms with E-state index in [1.165, 1.54) is 38.6 Å². The van der Waals surface area contributed by atoms with E-state index in [1.54, 1.807) is 13.0 Å². The van der Waals surface area contributed by atoms with E-state index in [9.17, 15) is 19.2 Å². The van der Waals surface area contributed by atoms with E-state index in [1.807, 2.05) is 84.9 Å². The average Bonchev–Trinajstić information content (AvgIpc) is 3.83. The third-order valence-corrected chi connectivity index (χ3v) is 14.7. The second kappa shape index (κ2) is 24.1. The van der Waals surface area contributed by atoms with Crippen LogP contribution in [0, 0.1) is 11.8 Å². The number of imide groups is 2. The number of hydrogen-bond donors (Lipinski definition) is 0. The molecular weight excluding hydrogens is 853 g/mol. The zero-order chi connectivity index (χ0) is 47.9. The number of amides is 4. The van der Waals surface area contributed by atoms with Crippen LogP contribution >= 0.6 is 0 Å². The van der Waals surface area contributed by atoms with Crippen LogP contribution in [0.15, 0.2) is 163 Å². The van der Waals surface area contributed by atoms with E-state index >= 15 is 0 Å². The third-order valence-electron chi connectivity index (χ3n) is 11.6. The predicted octanol–water partition coefficient (Wildman–Crippen LogP) is 13.0. The largest absolute Gasteiger partial charge is 0.447 e. The molecule has 3 aliphatic rings. The molecule has 0 unspecified atom stereocenters. The van der Waals surface area contributed by atoms with Crippen molar-refractivity contribution in [1.82, 2.24) is 9.80 Å². The topological polar surface area (TPSA) is 93.2 Å². The van der Waals surface area contributed by atoms with Gasteiger partial charge in [0.15, 0.2) is 0 Å². The van der Waals surface area contributed by atoms with Gasteiger partial charge in [0.25, 0.3) is 5.91 Å². The fourth-order valence-electron chi connectivity index (χ4n) is 8.94. The summed E-state index contributed by atoms with van der Waals surface area (Å²) >= 11 is 0. The summed E-state index contributed by atoms with van der Waals surface area (Å²) in [4.78, 5) is 52.7. The van der Waals surface area contributed by atoms with Gasteiger partial charge in [0, 0.05) is 22.1 Å². The number of cyclic esters (lactones) is 2. The van der Waals surface area contributed by atoms with E-state index in [-0.39, 0.29) is 54.9 Å². The normalized spacial score (nSPS) is 20.7. The highest BCUT2D eigenvalue weighted by atomic mass is 28.3. The van der Waals surface area contributed by atoms with Crippen LogP contribution in [0.2, 0.25) is 51.4 Å². The maximum atomic E-state index is 14.0. The summed E-state index contributed by atoms with van der Waals surface area (Å²) in [6, 6.07) is 42.3. The Balaban J connectivity index is 0.000000208. The van der Waals surface area contributed by atoms with Gasteiger partial charge in [-0.2, -0.15) is 0 Å². The third kappa shape index (κ3) is 15.7. The minimum atomic E-state index is -1.28. The number of ether oxygens (including phenoxy) is 2. The number of nitrogens with zero attached hydrogens (tertiary/aromatic N) is 2. The van der Waals surface area contributed by atoms with Crippen molar-refractivity contribution in [2.45, 2.75) is 102 Å². The summed E-state index contributed by atoms with van der Waals surface area (Å²) in [5.74, 6) is -0.560. The molecule has 8 nitrogen and oxygen atoms in total. The van der Waals surface area contributed by atoms with Gasteiger partial charge in [0.1, 0.15) is 13.2 Å². The van der Waals surface area contributed by atoms with Gasteiger partial charge in [0.2, 0.25) is 5.91 Å². The fourth-order valence-corrected chi connectivity index (χ4v) is 12.0. The Morgan fingerprint density at radius 2 is 1.17 bits per heavy atom. The first-order valence-corrected chi connectivity index (χ1v) is 30.7. The van der Waals surface area contributed by atoms with Crippen molar-refractivity contribution in [3.8, 4) is 0 Å². The predicted molar refractivity (Wildman–Crippen MR) is 275 cm³/mol. The smallest absolute Gasteiger partial charge is 0.417 e. The van der Waals surface area contributed by atoms with Gasteiger partial charge < -0.3 is 9.47 Å². The Kier molecular flexibility index (Phi) is 18.7. The maximum Gasteiger partial charge on any atom is 0.417 e. The summed E-state index contributed by atoms with van der Waals surface area (Å²) in [6.07, 6.45) is 10.7. The molecule has 0 bridgehead atoms. The van der Waals surface area contributed by atoms with Crippen LogP contribution < -0.4 is 0 Å². The standard InChI is InChI=1S/C28H35NO3Si.C14H15NO3.C14H20Si/c1-20-15-22(19-33(2,3)4)17-25(23-13-9-6-10-14-23)26(20)27(30)29-24(18-32-28(29)31)16-21-11-7-5-8-12-21;1-2-6-13(16)15-12(10-18-14(15)17)9-11-7-4-3-5-8-11;1-13(12-15(2,3)4)10-11-14-8-6-5-7-9-14/h5-14,17,20,24-26H,15-16,18-19H2,1-4H3;2-8,12H,9-10H2,1H3;5-11H,1,12H2,2-4H3/b;6-2+;11-10+/t20-,24-,25+,26+;12-;/m11./s1. The zero-order valence-corrected chi connectivity index (χ0v) is 42.3. The van der Waals surface area contributed by atoms with Crippen molar-refractivity contribution in [2.75, 3.05) is 13.2 Å². The molecule has 7 rings (SSSR count). The second-order valence-electron chi connectivity index (χ2n) is 20.1. The van der Waals surface area contributed by atoms with Crippen molar-refractivity contribution in [3.63, 3.8) is 0 Å². The molecule has 348 valence electrons. The van der Waals surface area contributed by atoms with Crippen LogP contribution in [0.25, 0.3) is 6.08 Å². The lowest BCUT2D eigenvalue weighted by molar-refractivity contribution is -0.135. The molecule has 0 spiro atoms. The molecule has 1 aliphatic carbocycles. The Hall–Kier alpha value is -5.85. The molecule has 0 N–H and O–H groups in total. The average molecular weight is 923 g/mol. The van der Waals surface area contributed by atoms with E-state index in [2.05, 4.69) is 107 Å². The van der Waals surface area contributed by atoms with Gasteiger partial charge in [-0.3, -0.25) is 9.59 Å². The van der Waals surface area contributed by atoms with Crippen molar-refractivity contribution in [3.05, 3.63) is 186 Å². The molecule has 4 aromatic carbocycles. The number of carbonyl (C=O) groups is 4. The SMILES string of the molecule is C/C=C/C(=O)N1C(=O)OC[C@H]1Cc1ccccc1.C=C(/C=C/c1ccccc1)C[Si](C)(C)C.C[C@@H]1CC(C[Si](C)(C)C)=C[C@@H](c2ccccc2)[C@H]1C(=O)N1C(=O)OC[C@H]1Cc1ccccc1. The first kappa shape index (κ1) is 51.1. The molecule has 4 aromatic rings. The van der Waals surface area contributed by atoms with E-state index in [4.69, 9.17) is 9.47 Å². The number of hydrogen-bond acceptors (Lipinski definition) is 6. The monoisotopic (exact) mass is 922 g/mol. The maximum absolute atomic E-state index is 14.0. The number of rotatable bonds is 13. The Morgan fingerprint density at radius 3 is 1.67 bits per heavy atom. The van der Waals surface area contributed by atoms with Gasteiger partial charge in [0.05, 0.1) is 18.0 Å². The molecule has 2 saturated heterocycles. The number of allylic oxidation sites excluding steroid dienone is 5. The van der Waals surface area contributed by atoms with E-state index < -0.39 is 28.3 Å². The van der Waals surface area contributed by atoms with Gasteiger partial charge in [-0.25, -0.2) is 19.4 Å². The first-order valence-electron chi connectivity index (χ1n) is 23.3. The van der Waals surface area contributed by atoms with E-state index in [0.717, 1.165) is 29.2 Å². The summed E-state index contributed by atoms with van der Waals surface area (Å²) in [5.41, 5.74) is 7.28. The van der Waals surface area contributed by atoms with Crippen molar-refractivity contribution in [2.24, 2.45) is 11.8 Å². The quantitative estimate of drug-likeness (QED) is 0.0574. The van der Waals surface area contributed by atoms with Crippen LogP contribution in [0.5, 0.6) is 0 Å². The Labute approximate surface area is 396 Å². The summed E-state index contributed by atoms with van der Waals surface area (Å²) < 4.78 is 10.3. The minimum Gasteiger partial charge on any atom is -0.447 e. The lowest BCUT2D eigenvalue weighted by Crippen LogP contribution is -2.47.